The fraction of sp³-hybridized carbons (Fsp3) is 0.421. The normalized spacial score (nSPS) is 27.9. The van der Waals surface area contributed by atoms with E-state index in [2.05, 4.69) is 27.4 Å². The van der Waals surface area contributed by atoms with E-state index in [-0.39, 0.29) is 11.4 Å². The van der Waals surface area contributed by atoms with Crippen LogP contribution in [0, 0.1) is 12.8 Å². The van der Waals surface area contributed by atoms with E-state index in [1.807, 2.05) is 25.4 Å². The maximum Gasteiger partial charge on any atom is 0.252 e. The zero-order valence-electron chi connectivity index (χ0n) is 13.2. The van der Waals surface area contributed by atoms with Gasteiger partial charge in [0.05, 0.1) is 5.54 Å². The fourth-order valence-electron chi connectivity index (χ4n) is 3.94. The van der Waals surface area contributed by atoms with Crippen molar-refractivity contribution in [3.05, 3.63) is 58.7 Å². The highest BCUT2D eigenvalue weighted by Gasteiger charge is 2.60. The first kappa shape index (κ1) is 13.2. The van der Waals surface area contributed by atoms with Crippen LogP contribution in [0.15, 0.2) is 30.6 Å². The number of aryl methyl sites for hydroxylation is 1. The lowest BCUT2D eigenvalue weighted by Gasteiger charge is -2.12. The molecule has 5 rings (SSSR count). The Kier molecular flexibility index (Phi) is 2.53. The van der Waals surface area contributed by atoms with Gasteiger partial charge in [0.15, 0.2) is 0 Å². The maximum atomic E-state index is 12.3. The molecule has 2 saturated carbocycles. The van der Waals surface area contributed by atoms with Crippen molar-refractivity contribution in [3.8, 4) is 0 Å². The summed E-state index contributed by atoms with van der Waals surface area (Å²) in [5.74, 6) is 2.12. The smallest absolute Gasteiger partial charge is 0.252 e. The van der Waals surface area contributed by atoms with Crippen molar-refractivity contribution in [1.29, 1.82) is 0 Å². The van der Waals surface area contributed by atoms with Crippen molar-refractivity contribution >= 4 is 5.91 Å². The average molecular weight is 305 g/mol. The molecule has 0 bridgehead atoms. The van der Waals surface area contributed by atoms with E-state index >= 15 is 0 Å². The molecule has 1 N–H and O–H groups in total. The van der Waals surface area contributed by atoms with E-state index in [0.29, 0.717) is 11.8 Å². The lowest BCUT2D eigenvalue weighted by Crippen LogP contribution is -2.28. The number of hydrogen-bond acceptors (Lipinski definition) is 3. The number of hydrogen-bond donors (Lipinski definition) is 1. The lowest BCUT2D eigenvalue weighted by atomic mass is 9.97. The number of aromatic nitrogens is 2. The Hall–Kier alpha value is -2.23. The highest BCUT2D eigenvalue weighted by atomic mass is 16.2. The molecule has 2 aliphatic carbocycles. The molecule has 1 spiro atoms. The van der Waals surface area contributed by atoms with Crippen LogP contribution in [0.3, 0.4) is 0 Å². The number of nitrogens with zero attached hydrogens (tertiary/aromatic N) is 2. The monoisotopic (exact) mass is 305 g/mol. The molecule has 2 fully saturated rings. The van der Waals surface area contributed by atoms with E-state index in [9.17, 15) is 4.79 Å². The van der Waals surface area contributed by atoms with Crippen LogP contribution in [0.1, 0.15) is 58.1 Å². The van der Waals surface area contributed by atoms with Crippen LogP contribution in [0.4, 0.5) is 0 Å². The second-order valence-electron chi connectivity index (χ2n) is 7.30. The van der Waals surface area contributed by atoms with Crippen molar-refractivity contribution in [1.82, 2.24) is 15.3 Å². The van der Waals surface area contributed by atoms with Gasteiger partial charge in [-0.05, 0) is 55.7 Å². The van der Waals surface area contributed by atoms with Crippen LogP contribution in [0.25, 0.3) is 0 Å². The zero-order valence-corrected chi connectivity index (χ0v) is 13.2. The van der Waals surface area contributed by atoms with Gasteiger partial charge in [-0.15, -0.1) is 0 Å². The molecule has 2 atom stereocenters. The standard InChI is InChI=1S/C19H19N3O/c1-11-2-5-16-15(6-11)18(23)22-19(16)8-14(19)7-12-9-20-17(21-10-12)13-3-4-13/h2,5-6,9-10,13-14H,3-4,7-8H2,1H3,(H,22,23). The van der Waals surface area contributed by atoms with Gasteiger partial charge in [-0.1, -0.05) is 17.7 Å². The summed E-state index contributed by atoms with van der Waals surface area (Å²) < 4.78 is 0. The Morgan fingerprint density at radius 1 is 1.26 bits per heavy atom. The van der Waals surface area contributed by atoms with Crippen LogP contribution >= 0.6 is 0 Å². The minimum Gasteiger partial charge on any atom is -0.342 e. The van der Waals surface area contributed by atoms with E-state index < -0.39 is 0 Å². The number of nitrogens with one attached hydrogen (secondary N) is 1. The van der Waals surface area contributed by atoms with Gasteiger partial charge < -0.3 is 5.32 Å². The summed E-state index contributed by atoms with van der Waals surface area (Å²) in [5.41, 5.74) is 4.19. The number of carbonyl (C=O) groups excluding carboxylic acids is 1. The second-order valence-corrected chi connectivity index (χ2v) is 7.30. The Morgan fingerprint density at radius 3 is 2.78 bits per heavy atom. The van der Waals surface area contributed by atoms with Gasteiger partial charge in [0.25, 0.3) is 5.91 Å². The predicted molar refractivity (Wildman–Crippen MR) is 86.1 cm³/mol. The summed E-state index contributed by atoms with van der Waals surface area (Å²) in [6, 6.07) is 6.22. The number of fused-ring (bicyclic) bond motifs is 2. The summed E-state index contributed by atoms with van der Waals surface area (Å²) in [6.45, 7) is 2.03. The van der Waals surface area contributed by atoms with Crippen molar-refractivity contribution in [2.75, 3.05) is 0 Å². The first-order valence-electron chi connectivity index (χ1n) is 8.40. The minimum atomic E-state index is -0.144. The fourth-order valence-corrected chi connectivity index (χ4v) is 3.94. The topological polar surface area (TPSA) is 54.9 Å². The van der Waals surface area contributed by atoms with E-state index in [1.54, 1.807) is 0 Å². The molecule has 0 radical (unpaired) electrons. The van der Waals surface area contributed by atoms with Crippen LogP contribution in [0.2, 0.25) is 0 Å². The first-order chi connectivity index (χ1) is 11.2. The van der Waals surface area contributed by atoms with Crippen LogP contribution in [-0.2, 0) is 12.0 Å². The predicted octanol–water partition coefficient (Wildman–Crippen LogP) is 2.86. The van der Waals surface area contributed by atoms with Crippen LogP contribution in [0.5, 0.6) is 0 Å². The van der Waals surface area contributed by atoms with Gasteiger partial charge in [0, 0.05) is 23.9 Å². The SMILES string of the molecule is Cc1ccc2c(c1)C(=O)NC21CC1Cc1cnc(C2CC2)nc1. The van der Waals surface area contributed by atoms with Gasteiger partial charge in [0.1, 0.15) is 5.82 Å². The molecule has 1 aromatic carbocycles. The molecular formula is C19H19N3O. The van der Waals surface area contributed by atoms with E-state index in [0.717, 1.165) is 29.8 Å². The molecule has 116 valence electrons. The number of amides is 1. The summed E-state index contributed by atoms with van der Waals surface area (Å²) in [6.07, 6.45) is 8.34. The molecule has 1 amide bonds. The van der Waals surface area contributed by atoms with Crippen LogP contribution < -0.4 is 5.32 Å². The van der Waals surface area contributed by atoms with Crippen molar-refractivity contribution in [2.45, 2.75) is 44.1 Å². The Balaban J connectivity index is 1.38. The quantitative estimate of drug-likeness (QED) is 0.948. The van der Waals surface area contributed by atoms with Gasteiger partial charge in [-0.2, -0.15) is 0 Å². The molecule has 2 unspecified atom stereocenters. The molecule has 1 aromatic heterocycles. The molecule has 2 heterocycles. The van der Waals surface area contributed by atoms with Crippen molar-refractivity contribution in [2.24, 2.45) is 5.92 Å². The third-order valence-electron chi connectivity index (χ3n) is 5.49. The van der Waals surface area contributed by atoms with Gasteiger partial charge in [-0.25, -0.2) is 9.97 Å². The van der Waals surface area contributed by atoms with Gasteiger partial charge in [0.2, 0.25) is 0 Å². The Morgan fingerprint density at radius 2 is 2.04 bits per heavy atom. The number of rotatable bonds is 3. The largest absolute Gasteiger partial charge is 0.342 e. The Bertz CT molecular complexity index is 810. The molecule has 23 heavy (non-hydrogen) atoms. The van der Waals surface area contributed by atoms with Gasteiger partial charge >= 0.3 is 0 Å². The third kappa shape index (κ3) is 2.01. The summed E-state index contributed by atoms with van der Waals surface area (Å²) >= 11 is 0. The molecule has 3 aliphatic rings. The second kappa shape index (κ2) is 4.40. The average Bonchev–Trinajstić information content (AvgIpc) is 3.44. The highest BCUT2D eigenvalue weighted by molar-refractivity contribution is 6.01. The Labute approximate surface area is 135 Å². The molecule has 4 heteroatoms. The summed E-state index contributed by atoms with van der Waals surface area (Å²) in [4.78, 5) is 21.3. The number of carbonyl (C=O) groups is 1. The molecule has 4 nitrogen and oxygen atoms in total. The van der Waals surface area contributed by atoms with E-state index in [1.165, 1.54) is 24.0 Å². The molecule has 1 aliphatic heterocycles. The highest BCUT2D eigenvalue weighted by Crippen LogP contribution is 2.57. The number of benzene rings is 1. The van der Waals surface area contributed by atoms with Crippen molar-refractivity contribution < 1.29 is 4.79 Å². The molecule has 2 aromatic rings. The molecular weight excluding hydrogens is 286 g/mol. The summed E-state index contributed by atoms with van der Waals surface area (Å²) in [5, 5.41) is 3.23. The minimum absolute atomic E-state index is 0.0755. The van der Waals surface area contributed by atoms with Crippen molar-refractivity contribution in [3.63, 3.8) is 0 Å². The lowest BCUT2D eigenvalue weighted by molar-refractivity contribution is 0.0949. The molecule has 0 saturated heterocycles. The maximum absolute atomic E-state index is 12.3. The first-order valence-corrected chi connectivity index (χ1v) is 8.40. The van der Waals surface area contributed by atoms with Crippen LogP contribution in [-0.4, -0.2) is 15.9 Å². The van der Waals surface area contributed by atoms with Gasteiger partial charge in [-0.3, -0.25) is 4.79 Å². The third-order valence-corrected chi connectivity index (χ3v) is 5.49. The van der Waals surface area contributed by atoms with E-state index in [4.69, 9.17) is 0 Å². The zero-order chi connectivity index (χ0) is 15.6. The summed E-state index contributed by atoms with van der Waals surface area (Å²) in [7, 11) is 0.